The summed E-state index contributed by atoms with van der Waals surface area (Å²) in [5, 5.41) is 9.80. The average molecular weight is 440 g/mol. The molecule has 0 bridgehead atoms. The van der Waals surface area contributed by atoms with Crippen molar-refractivity contribution in [3.05, 3.63) is 58.6 Å². The van der Waals surface area contributed by atoms with E-state index in [9.17, 15) is 0 Å². The second-order valence-corrected chi connectivity index (χ2v) is 7.88. The van der Waals surface area contributed by atoms with Gasteiger partial charge in [-0.05, 0) is 36.8 Å². The van der Waals surface area contributed by atoms with Crippen molar-refractivity contribution in [3.8, 4) is 23.0 Å². The Morgan fingerprint density at radius 2 is 1.61 bits per heavy atom. The van der Waals surface area contributed by atoms with Crippen LogP contribution in [-0.4, -0.2) is 39.1 Å². The van der Waals surface area contributed by atoms with E-state index in [2.05, 4.69) is 4.98 Å². The molecule has 0 radical (unpaired) electrons. The second kappa shape index (κ2) is 8.85. The molecule has 162 valence electrons. The summed E-state index contributed by atoms with van der Waals surface area (Å²) in [5.74, 6) is 2.58. The van der Waals surface area contributed by atoms with Crippen LogP contribution < -0.4 is 24.0 Å². The molecule has 0 amide bonds. The highest BCUT2D eigenvalue weighted by Crippen LogP contribution is 2.45. The number of anilines is 1. The molecular formula is C23H25N3O4S. The van der Waals surface area contributed by atoms with Crippen molar-refractivity contribution in [2.24, 2.45) is 5.10 Å². The Kier molecular flexibility index (Phi) is 5.99. The summed E-state index contributed by atoms with van der Waals surface area (Å²) in [6, 6.07) is 11.8. The molecule has 4 rings (SSSR count). The van der Waals surface area contributed by atoms with Crippen molar-refractivity contribution in [2.45, 2.75) is 19.4 Å². The van der Waals surface area contributed by atoms with E-state index >= 15 is 0 Å². The van der Waals surface area contributed by atoms with Crippen LogP contribution in [0.5, 0.6) is 23.0 Å². The van der Waals surface area contributed by atoms with Crippen LogP contribution in [0, 0.1) is 6.92 Å². The van der Waals surface area contributed by atoms with Crippen molar-refractivity contribution in [1.29, 1.82) is 0 Å². The van der Waals surface area contributed by atoms with Crippen LogP contribution in [0.25, 0.3) is 0 Å². The summed E-state index contributed by atoms with van der Waals surface area (Å²) in [6.45, 7) is 1.98. The lowest BCUT2D eigenvalue weighted by atomic mass is 9.97. The molecule has 2 aromatic carbocycles. The van der Waals surface area contributed by atoms with Crippen LogP contribution in [0.2, 0.25) is 0 Å². The van der Waals surface area contributed by atoms with Gasteiger partial charge in [-0.15, -0.1) is 11.3 Å². The quantitative estimate of drug-likeness (QED) is 0.525. The molecule has 0 saturated carbocycles. The number of rotatable bonds is 7. The smallest absolute Gasteiger partial charge is 0.206 e. The van der Waals surface area contributed by atoms with Crippen LogP contribution >= 0.6 is 11.3 Å². The fraction of sp³-hybridized carbons (Fsp3) is 0.304. The number of hydrogen-bond acceptors (Lipinski definition) is 8. The molecule has 7 nitrogen and oxygen atoms in total. The molecule has 1 atom stereocenters. The summed E-state index contributed by atoms with van der Waals surface area (Å²) in [4.78, 5) is 4.68. The molecule has 0 unspecified atom stereocenters. The normalized spacial score (nSPS) is 15.6. The van der Waals surface area contributed by atoms with Gasteiger partial charge in [0.25, 0.3) is 0 Å². The zero-order valence-corrected chi connectivity index (χ0v) is 19.0. The van der Waals surface area contributed by atoms with E-state index in [1.54, 1.807) is 39.8 Å². The maximum atomic E-state index is 5.58. The molecule has 2 heterocycles. The summed E-state index contributed by atoms with van der Waals surface area (Å²) in [6.07, 6.45) is 0.678. The van der Waals surface area contributed by atoms with Crippen LogP contribution in [-0.2, 0) is 0 Å². The molecule has 0 saturated heterocycles. The van der Waals surface area contributed by atoms with Crippen molar-refractivity contribution in [2.75, 3.05) is 33.4 Å². The van der Waals surface area contributed by atoms with E-state index in [1.807, 2.05) is 53.7 Å². The largest absolute Gasteiger partial charge is 0.496 e. The monoisotopic (exact) mass is 439 g/mol. The fourth-order valence-electron chi connectivity index (χ4n) is 3.73. The fourth-order valence-corrected chi connectivity index (χ4v) is 4.53. The van der Waals surface area contributed by atoms with Gasteiger partial charge in [-0.2, -0.15) is 5.10 Å². The first kappa shape index (κ1) is 21.0. The van der Waals surface area contributed by atoms with E-state index in [0.717, 1.165) is 33.4 Å². The summed E-state index contributed by atoms with van der Waals surface area (Å²) in [5.41, 5.74) is 3.86. The van der Waals surface area contributed by atoms with Gasteiger partial charge in [-0.1, -0.05) is 12.1 Å². The molecule has 1 aromatic heterocycles. The molecule has 8 heteroatoms. The van der Waals surface area contributed by atoms with E-state index in [0.29, 0.717) is 23.7 Å². The van der Waals surface area contributed by atoms with Gasteiger partial charge in [0.15, 0.2) is 11.5 Å². The Morgan fingerprint density at radius 1 is 0.935 bits per heavy atom. The molecule has 31 heavy (non-hydrogen) atoms. The minimum Gasteiger partial charge on any atom is -0.496 e. The van der Waals surface area contributed by atoms with Crippen LogP contribution in [0.4, 0.5) is 5.13 Å². The summed E-state index contributed by atoms with van der Waals surface area (Å²) >= 11 is 1.57. The first-order valence-corrected chi connectivity index (χ1v) is 10.7. The van der Waals surface area contributed by atoms with Gasteiger partial charge >= 0.3 is 0 Å². The van der Waals surface area contributed by atoms with Gasteiger partial charge in [-0.3, -0.25) is 0 Å². The van der Waals surface area contributed by atoms with Gasteiger partial charge in [0.2, 0.25) is 10.9 Å². The SMILES string of the molecule is COc1ccccc1C1=NN(c2nc(C)cs2)[C@H](c2cc(OC)c(OC)c(OC)c2)C1. The van der Waals surface area contributed by atoms with E-state index in [1.165, 1.54) is 0 Å². The van der Waals surface area contributed by atoms with Crippen molar-refractivity contribution in [3.63, 3.8) is 0 Å². The summed E-state index contributed by atoms with van der Waals surface area (Å²) in [7, 11) is 6.51. The third kappa shape index (κ3) is 3.90. The Morgan fingerprint density at radius 3 is 2.19 bits per heavy atom. The Hall–Kier alpha value is -3.26. The molecule has 0 fully saturated rings. The number of hydrazone groups is 1. The van der Waals surface area contributed by atoms with Gasteiger partial charge in [0.1, 0.15) is 5.75 Å². The Bertz CT molecular complexity index is 1090. The molecule has 3 aromatic rings. The number of aryl methyl sites for hydroxylation is 1. The topological polar surface area (TPSA) is 65.4 Å². The predicted molar refractivity (Wildman–Crippen MR) is 122 cm³/mol. The maximum Gasteiger partial charge on any atom is 0.206 e. The van der Waals surface area contributed by atoms with Crippen molar-refractivity contribution in [1.82, 2.24) is 4.98 Å². The molecule has 1 aliphatic heterocycles. The first-order valence-electron chi connectivity index (χ1n) is 9.81. The lowest BCUT2D eigenvalue weighted by Crippen LogP contribution is -2.18. The highest BCUT2D eigenvalue weighted by atomic mass is 32.1. The third-order valence-electron chi connectivity index (χ3n) is 5.20. The number of ether oxygens (including phenoxy) is 4. The maximum absolute atomic E-state index is 5.58. The Labute approximate surface area is 185 Å². The van der Waals surface area contributed by atoms with Crippen LogP contribution in [0.1, 0.15) is 29.3 Å². The molecule has 0 N–H and O–H groups in total. The average Bonchev–Trinajstić information content (AvgIpc) is 3.44. The predicted octanol–water partition coefficient (Wildman–Crippen LogP) is 4.84. The van der Waals surface area contributed by atoms with Crippen molar-refractivity contribution < 1.29 is 18.9 Å². The van der Waals surface area contributed by atoms with Gasteiger partial charge in [0.05, 0.1) is 45.9 Å². The second-order valence-electron chi connectivity index (χ2n) is 7.04. The number of thiazole rings is 1. The zero-order valence-electron chi connectivity index (χ0n) is 18.2. The highest BCUT2D eigenvalue weighted by molar-refractivity contribution is 7.13. The van der Waals surface area contributed by atoms with E-state index < -0.39 is 0 Å². The third-order valence-corrected chi connectivity index (χ3v) is 6.15. The van der Waals surface area contributed by atoms with Gasteiger partial charge in [0, 0.05) is 17.4 Å². The number of aromatic nitrogens is 1. The van der Waals surface area contributed by atoms with E-state index in [4.69, 9.17) is 24.0 Å². The number of para-hydroxylation sites is 1. The Balaban J connectivity index is 1.82. The first-order chi connectivity index (χ1) is 15.1. The minimum absolute atomic E-state index is 0.0841. The standard InChI is InChI=1S/C23H25N3O4S/c1-14-13-31-23(24-14)26-18(12-17(25-26)16-8-6-7-9-19(16)27-2)15-10-20(28-3)22(30-5)21(11-15)29-4/h6-11,13,18H,12H2,1-5H3/t18-/m0/s1. The highest BCUT2D eigenvalue weighted by Gasteiger charge is 2.34. The van der Waals surface area contributed by atoms with Crippen LogP contribution in [0.3, 0.4) is 0 Å². The number of methoxy groups -OCH3 is 4. The zero-order chi connectivity index (χ0) is 22.0. The molecular weight excluding hydrogens is 414 g/mol. The minimum atomic E-state index is -0.0841. The van der Waals surface area contributed by atoms with Crippen LogP contribution in [0.15, 0.2) is 46.9 Å². The summed E-state index contributed by atoms with van der Waals surface area (Å²) < 4.78 is 22.2. The lowest BCUT2D eigenvalue weighted by Gasteiger charge is -2.23. The van der Waals surface area contributed by atoms with Gasteiger partial charge in [-0.25, -0.2) is 9.99 Å². The van der Waals surface area contributed by atoms with Gasteiger partial charge < -0.3 is 18.9 Å². The number of hydrogen-bond donors (Lipinski definition) is 0. The molecule has 0 aliphatic carbocycles. The van der Waals surface area contributed by atoms with E-state index in [-0.39, 0.29) is 6.04 Å². The van der Waals surface area contributed by atoms with Crippen molar-refractivity contribution >= 4 is 22.2 Å². The molecule has 0 spiro atoms. The number of nitrogens with zero attached hydrogens (tertiary/aromatic N) is 3. The lowest BCUT2D eigenvalue weighted by molar-refractivity contribution is 0.323. The number of benzene rings is 2. The molecule has 1 aliphatic rings.